The number of carbonyl (C=O) groups is 2. The van der Waals surface area contributed by atoms with Crippen LogP contribution in [0.1, 0.15) is 43.5 Å². The summed E-state index contributed by atoms with van der Waals surface area (Å²) >= 11 is 0. The lowest BCUT2D eigenvalue weighted by atomic mass is 10.1. The zero-order chi connectivity index (χ0) is 29.4. The van der Waals surface area contributed by atoms with Crippen molar-refractivity contribution in [2.45, 2.75) is 57.3 Å². The van der Waals surface area contributed by atoms with Gasteiger partial charge in [-0.25, -0.2) is 4.79 Å². The topological polar surface area (TPSA) is 71.1 Å². The molecule has 0 saturated carbocycles. The highest BCUT2D eigenvalue weighted by atomic mass is 19.4. The third-order valence-electron chi connectivity index (χ3n) is 4.93. The van der Waals surface area contributed by atoms with Gasteiger partial charge in [-0.05, 0) is 24.6 Å². The minimum Gasteiger partial charge on any atom is -0.489 e. The van der Waals surface area contributed by atoms with Gasteiger partial charge in [0.2, 0.25) is 0 Å². The highest BCUT2D eigenvalue weighted by Gasteiger charge is 2.57. The molecule has 1 unspecified atom stereocenters. The number of ether oxygens (including phenoxy) is 4. The number of halogens is 10. The van der Waals surface area contributed by atoms with Crippen molar-refractivity contribution in [1.82, 2.24) is 0 Å². The Balaban J connectivity index is 2.94. The SMILES string of the molecule is CCC(C)C(=O)OCCOC(=O)c1ccc(OCCC(F)(F)C(F)(F)F)c(OCCC(F)(F)C(F)(F)F)c1. The molecule has 0 spiro atoms. The number of rotatable bonds is 14. The second-order valence-corrected chi connectivity index (χ2v) is 7.88. The largest absolute Gasteiger partial charge is 0.489 e. The van der Waals surface area contributed by atoms with Crippen molar-refractivity contribution in [3.63, 3.8) is 0 Å². The molecule has 1 atom stereocenters. The molecular weight excluding hydrogens is 550 g/mol. The second-order valence-electron chi connectivity index (χ2n) is 7.88. The Bertz CT molecular complexity index is 930. The van der Waals surface area contributed by atoms with Crippen LogP contribution in [0.2, 0.25) is 0 Å². The highest BCUT2D eigenvalue weighted by molar-refractivity contribution is 5.90. The maximum atomic E-state index is 13.2. The van der Waals surface area contributed by atoms with Crippen LogP contribution in [0.25, 0.3) is 0 Å². The summed E-state index contributed by atoms with van der Waals surface area (Å²) in [7, 11) is 0. The maximum absolute atomic E-state index is 13.2. The molecule has 0 aliphatic carbocycles. The first kappa shape index (κ1) is 33.1. The third kappa shape index (κ3) is 9.74. The molecule has 0 heterocycles. The molecule has 0 fully saturated rings. The molecule has 0 aliphatic rings. The molecule has 38 heavy (non-hydrogen) atoms. The van der Waals surface area contributed by atoms with Gasteiger partial charge in [-0.3, -0.25) is 4.79 Å². The first-order valence-electron chi connectivity index (χ1n) is 10.9. The van der Waals surface area contributed by atoms with E-state index < -0.39 is 86.2 Å². The zero-order valence-electron chi connectivity index (χ0n) is 20.0. The molecule has 0 N–H and O–H groups in total. The molecule has 1 rings (SSSR count). The van der Waals surface area contributed by atoms with Gasteiger partial charge in [-0.15, -0.1) is 0 Å². The van der Waals surface area contributed by atoms with Crippen LogP contribution < -0.4 is 9.47 Å². The summed E-state index contributed by atoms with van der Waals surface area (Å²) in [5, 5.41) is 0. The standard InChI is InChI=1S/C22H24F10O6/c1-3-13(2)17(33)37-10-11-38-18(34)14-4-5-15(35-8-6-19(23,24)21(27,28)29)16(12-14)36-9-7-20(25,26)22(30,31)32/h4-5,12-13H,3,6-11H2,1-2H3. The molecule has 0 aromatic heterocycles. The molecule has 0 aliphatic heterocycles. The number of hydrogen-bond acceptors (Lipinski definition) is 6. The molecule has 0 bridgehead atoms. The quantitative estimate of drug-likeness (QED) is 0.146. The highest BCUT2D eigenvalue weighted by Crippen LogP contribution is 2.40. The summed E-state index contributed by atoms with van der Waals surface area (Å²) < 4.78 is 146. The fourth-order valence-electron chi connectivity index (χ4n) is 2.40. The Morgan fingerprint density at radius 1 is 0.737 bits per heavy atom. The monoisotopic (exact) mass is 574 g/mol. The fourth-order valence-corrected chi connectivity index (χ4v) is 2.40. The van der Waals surface area contributed by atoms with Gasteiger partial charge in [-0.1, -0.05) is 13.8 Å². The van der Waals surface area contributed by atoms with E-state index in [1.54, 1.807) is 13.8 Å². The van der Waals surface area contributed by atoms with Gasteiger partial charge in [0.05, 0.1) is 37.5 Å². The summed E-state index contributed by atoms with van der Waals surface area (Å²) in [6, 6.07) is 2.53. The number of hydrogen-bond donors (Lipinski definition) is 0. The zero-order valence-corrected chi connectivity index (χ0v) is 20.0. The van der Waals surface area contributed by atoms with Gasteiger partial charge in [0.25, 0.3) is 0 Å². The smallest absolute Gasteiger partial charge is 0.453 e. The van der Waals surface area contributed by atoms with Crippen molar-refractivity contribution < 1.29 is 72.4 Å². The van der Waals surface area contributed by atoms with E-state index in [2.05, 4.69) is 0 Å². The average molecular weight is 574 g/mol. The average Bonchev–Trinajstić information content (AvgIpc) is 2.80. The molecule has 1 aromatic rings. The number of esters is 2. The van der Waals surface area contributed by atoms with Crippen LogP contribution in [0.3, 0.4) is 0 Å². The number of benzene rings is 1. The molecule has 6 nitrogen and oxygen atoms in total. The van der Waals surface area contributed by atoms with Crippen LogP contribution in [0.15, 0.2) is 18.2 Å². The van der Waals surface area contributed by atoms with Gasteiger partial charge >= 0.3 is 36.1 Å². The molecule has 0 radical (unpaired) electrons. The summed E-state index contributed by atoms with van der Waals surface area (Å²) in [4.78, 5) is 23.8. The Morgan fingerprint density at radius 3 is 1.68 bits per heavy atom. The van der Waals surface area contributed by atoms with Gasteiger partial charge in [0.15, 0.2) is 11.5 Å². The molecule has 16 heteroatoms. The molecule has 0 amide bonds. The van der Waals surface area contributed by atoms with Crippen LogP contribution >= 0.6 is 0 Å². The molecule has 218 valence electrons. The van der Waals surface area contributed by atoms with Crippen molar-refractivity contribution in [2.75, 3.05) is 26.4 Å². The van der Waals surface area contributed by atoms with Crippen molar-refractivity contribution >= 4 is 11.9 Å². The van der Waals surface area contributed by atoms with Gasteiger partial charge in [0, 0.05) is 0 Å². The van der Waals surface area contributed by atoms with Crippen molar-refractivity contribution in [1.29, 1.82) is 0 Å². The van der Waals surface area contributed by atoms with Crippen LogP contribution in [0.5, 0.6) is 11.5 Å². The lowest BCUT2D eigenvalue weighted by Crippen LogP contribution is -2.37. The van der Waals surface area contributed by atoms with E-state index in [9.17, 15) is 53.5 Å². The Labute approximate surface area is 210 Å². The van der Waals surface area contributed by atoms with Crippen LogP contribution in [-0.2, 0) is 14.3 Å². The van der Waals surface area contributed by atoms with Crippen LogP contribution in [0.4, 0.5) is 43.9 Å². The van der Waals surface area contributed by atoms with Gasteiger partial charge in [0.1, 0.15) is 13.2 Å². The van der Waals surface area contributed by atoms with Crippen LogP contribution in [-0.4, -0.2) is 62.6 Å². The molecule has 0 saturated heterocycles. The van der Waals surface area contributed by atoms with E-state index in [-0.39, 0.29) is 12.2 Å². The van der Waals surface area contributed by atoms with Crippen molar-refractivity contribution in [3.05, 3.63) is 23.8 Å². The van der Waals surface area contributed by atoms with Gasteiger partial charge < -0.3 is 18.9 Å². The predicted molar refractivity (Wildman–Crippen MR) is 109 cm³/mol. The van der Waals surface area contributed by atoms with Crippen molar-refractivity contribution in [3.8, 4) is 11.5 Å². The Kier molecular flexibility index (Phi) is 11.5. The Morgan fingerprint density at radius 2 is 1.21 bits per heavy atom. The normalized spacial score (nSPS) is 13.6. The van der Waals surface area contributed by atoms with Crippen LogP contribution in [0, 0.1) is 5.92 Å². The third-order valence-corrected chi connectivity index (χ3v) is 4.93. The fraction of sp³-hybridized carbons (Fsp3) is 0.636. The summed E-state index contributed by atoms with van der Waals surface area (Å²) in [6.45, 7) is 0.0528. The van der Waals surface area contributed by atoms with E-state index in [1.807, 2.05) is 0 Å². The predicted octanol–water partition coefficient (Wildman–Crippen LogP) is 6.37. The lowest BCUT2D eigenvalue weighted by molar-refractivity contribution is -0.285. The molecular formula is C22H24F10O6. The minimum atomic E-state index is -5.90. The van der Waals surface area contributed by atoms with E-state index >= 15 is 0 Å². The Hall–Kier alpha value is -2.94. The lowest BCUT2D eigenvalue weighted by Gasteiger charge is -2.21. The summed E-state index contributed by atoms with van der Waals surface area (Å²) in [5.41, 5.74) is -0.371. The number of alkyl halides is 10. The van der Waals surface area contributed by atoms with E-state index in [0.29, 0.717) is 6.42 Å². The second kappa shape index (κ2) is 13.2. The van der Waals surface area contributed by atoms with E-state index in [1.165, 1.54) is 0 Å². The van der Waals surface area contributed by atoms with Gasteiger partial charge in [-0.2, -0.15) is 43.9 Å². The van der Waals surface area contributed by atoms with Crippen molar-refractivity contribution in [2.24, 2.45) is 5.92 Å². The van der Waals surface area contributed by atoms with E-state index in [4.69, 9.17) is 18.9 Å². The number of carbonyl (C=O) groups excluding carboxylic acids is 2. The van der Waals surface area contributed by atoms with E-state index in [0.717, 1.165) is 18.2 Å². The minimum absolute atomic E-state index is 0.320. The maximum Gasteiger partial charge on any atom is 0.453 e. The molecule has 1 aromatic carbocycles. The first-order valence-corrected chi connectivity index (χ1v) is 10.9. The first-order chi connectivity index (χ1) is 17.3. The summed E-state index contributed by atoms with van der Waals surface area (Å²) in [5.74, 6) is -13.7. The summed E-state index contributed by atoms with van der Waals surface area (Å²) in [6.07, 6.45) is -15.0.